The van der Waals surface area contributed by atoms with Gasteiger partial charge in [0.05, 0.1) is 12.1 Å². The van der Waals surface area contributed by atoms with Gasteiger partial charge in [-0.1, -0.05) is 36.4 Å². The number of nitrogens with one attached hydrogen (secondary N) is 1. The molecule has 6 nitrogen and oxygen atoms in total. The zero-order valence-electron chi connectivity index (χ0n) is 16.0. The third kappa shape index (κ3) is 5.59. The van der Waals surface area contributed by atoms with E-state index in [-0.39, 0.29) is 23.7 Å². The van der Waals surface area contributed by atoms with Gasteiger partial charge < -0.3 is 19.9 Å². The number of carbonyl (C=O) groups excluding carboxylic acids is 2. The van der Waals surface area contributed by atoms with Gasteiger partial charge in [0.2, 0.25) is 0 Å². The van der Waals surface area contributed by atoms with Crippen LogP contribution in [0.3, 0.4) is 0 Å². The lowest BCUT2D eigenvalue weighted by Gasteiger charge is -2.43. The van der Waals surface area contributed by atoms with Gasteiger partial charge in [0.25, 0.3) is 5.24 Å². The fourth-order valence-electron chi connectivity index (χ4n) is 3.86. The fraction of sp³-hybridized carbons (Fsp3) is 0.700. The lowest BCUT2D eigenvalue weighted by molar-refractivity contribution is -0.283. The summed E-state index contributed by atoms with van der Waals surface area (Å²) in [7, 11) is 0. The van der Waals surface area contributed by atoms with Crippen LogP contribution in [-0.2, 0) is 14.3 Å². The molecule has 0 aromatic carbocycles. The van der Waals surface area contributed by atoms with Gasteiger partial charge in [0, 0.05) is 24.7 Å². The zero-order chi connectivity index (χ0) is 19.4. The van der Waals surface area contributed by atoms with E-state index in [1.54, 1.807) is 6.08 Å². The largest absolute Gasteiger partial charge is 0.459 e. The molecule has 3 rings (SSSR count). The summed E-state index contributed by atoms with van der Waals surface area (Å²) in [5, 5.41) is 13.7. The van der Waals surface area contributed by atoms with Crippen molar-refractivity contribution in [3.05, 3.63) is 23.8 Å². The Morgan fingerprint density at radius 2 is 2.11 bits per heavy atom. The van der Waals surface area contributed by atoms with Crippen LogP contribution in [-0.4, -0.2) is 46.1 Å². The summed E-state index contributed by atoms with van der Waals surface area (Å²) < 4.78 is 11.7. The molecule has 5 atom stereocenters. The molecule has 7 heteroatoms. The topological polar surface area (TPSA) is 84.9 Å². The number of fused-ring (bicyclic) bond motifs is 2. The second kappa shape index (κ2) is 8.80. The van der Waals surface area contributed by atoms with Gasteiger partial charge in [0.15, 0.2) is 5.79 Å². The Labute approximate surface area is 164 Å². The van der Waals surface area contributed by atoms with E-state index in [9.17, 15) is 14.7 Å². The molecule has 27 heavy (non-hydrogen) atoms. The van der Waals surface area contributed by atoms with Crippen molar-refractivity contribution in [1.82, 2.24) is 5.32 Å². The van der Waals surface area contributed by atoms with Gasteiger partial charge in [-0.15, -0.1) is 0 Å². The van der Waals surface area contributed by atoms with E-state index < -0.39 is 17.9 Å². The minimum Gasteiger partial charge on any atom is -0.459 e. The lowest BCUT2D eigenvalue weighted by atomic mass is 9.90. The maximum Gasteiger partial charge on any atom is 0.330 e. The van der Waals surface area contributed by atoms with Crippen LogP contribution in [0.15, 0.2) is 23.8 Å². The van der Waals surface area contributed by atoms with E-state index in [2.05, 4.69) is 24.4 Å². The van der Waals surface area contributed by atoms with Crippen LogP contribution in [0.2, 0.25) is 0 Å². The molecule has 0 spiro atoms. The van der Waals surface area contributed by atoms with Crippen molar-refractivity contribution in [3.8, 4) is 0 Å². The molecule has 0 aromatic rings. The summed E-state index contributed by atoms with van der Waals surface area (Å²) in [5.41, 5.74) is 0.979. The number of hydrogen-bond acceptors (Lipinski definition) is 6. The summed E-state index contributed by atoms with van der Waals surface area (Å²) in [6.45, 7) is 4.10. The molecule has 2 N–H and O–H groups in total. The summed E-state index contributed by atoms with van der Waals surface area (Å²) in [4.78, 5) is 23.9. The third-order valence-corrected chi connectivity index (χ3v) is 6.28. The van der Waals surface area contributed by atoms with Crippen LogP contribution in [0, 0.1) is 5.92 Å². The first kappa shape index (κ1) is 20.4. The average molecular weight is 396 g/mol. The highest BCUT2D eigenvalue weighted by Gasteiger charge is 2.49. The summed E-state index contributed by atoms with van der Waals surface area (Å²) in [5.74, 6) is -1.03. The molecule has 3 heterocycles. The van der Waals surface area contributed by atoms with E-state index in [1.165, 1.54) is 0 Å². The van der Waals surface area contributed by atoms with Crippen molar-refractivity contribution in [2.45, 2.75) is 76.4 Å². The first-order chi connectivity index (χ1) is 12.8. The normalized spacial score (nSPS) is 41.7. The van der Waals surface area contributed by atoms with Gasteiger partial charge in [-0.05, 0) is 38.5 Å². The Bertz CT molecular complexity index is 634. The van der Waals surface area contributed by atoms with Crippen molar-refractivity contribution in [2.75, 3.05) is 5.75 Å². The van der Waals surface area contributed by atoms with Crippen LogP contribution in [0.1, 0.15) is 52.4 Å². The van der Waals surface area contributed by atoms with Crippen LogP contribution < -0.4 is 5.32 Å². The highest BCUT2D eigenvalue weighted by Crippen LogP contribution is 2.37. The standard InChI is InChI=1S/C20H29NO5S/c1-13-5-3-4-6-14(2)9-18(22)25-16-10-15(8-7-13)26-20(24,11-16)17-12-27-19(23)21-17/h3,5,9,13,15-17,24H,4,6-8,10-12H2,1-2H3,(H,21,23)/b5-3-,14-9-/t13-,15-,16-,17-,20+/m0/s1. The van der Waals surface area contributed by atoms with Gasteiger partial charge in [-0.3, -0.25) is 4.79 Å². The number of thioether (sulfide) groups is 1. The average Bonchev–Trinajstić information content (AvgIpc) is 3.03. The Hall–Kier alpha value is -1.31. The number of amides is 1. The first-order valence-corrected chi connectivity index (χ1v) is 10.7. The maximum atomic E-state index is 12.3. The predicted octanol–water partition coefficient (Wildman–Crippen LogP) is 3.30. The lowest BCUT2D eigenvalue weighted by Crippen LogP contribution is -2.58. The van der Waals surface area contributed by atoms with Crippen LogP contribution in [0.25, 0.3) is 0 Å². The van der Waals surface area contributed by atoms with Crippen LogP contribution >= 0.6 is 11.8 Å². The molecular weight excluding hydrogens is 366 g/mol. The summed E-state index contributed by atoms with van der Waals surface area (Å²) in [6.07, 6.45) is 9.42. The second-order valence-corrected chi connectivity index (χ2v) is 8.88. The van der Waals surface area contributed by atoms with Crippen molar-refractivity contribution in [2.24, 2.45) is 5.92 Å². The van der Waals surface area contributed by atoms with Crippen molar-refractivity contribution < 1.29 is 24.2 Å². The molecule has 1 amide bonds. The zero-order valence-corrected chi connectivity index (χ0v) is 16.8. The number of esters is 1. The highest BCUT2D eigenvalue weighted by atomic mass is 32.2. The van der Waals surface area contributed by atoms with Gasteiger partial charge in [-0.2, -0.15) is 0 Å². The minimum atomic E-state index is -1.51. The van der Waals surface area contributed by atoms with E-state index in [4.69, 9.17) is 9.47 Å². The molecule has 0 aliphatic carbocycles. The molecular formula is C20H29NO5S. The highest BCUT2D eigenvalue weighted by molar-refractivity contribution is 8.14. The van der Waals surface area contributed by atoms with Crippen LogP contribution in [0.5, 0.6) is 0 Å². The number of carbonyl (C=O) groups is 2. The van der Waals surface area contributed by atoms with Gasteiger partial charge in [-0.25, -0.2) is 4.79 Å². The minimum absolute atomic E-state index is 0.160. The molecule has 2 bridgehead atoms. The maximum absolute atomic E-state index is 12.3. The molecule has 2 saturated heterocycles. The van der Waals surface area contributed by atoms with Crippen molar-refractivity contribution in [1.29, 1.82) is 0 Å². The third-order valence-electron chi connectivity index (χ3n) is 5.40. The molecule has 2 fully saturated rings. The van der Waals surface area contributed by atoms with Crippen molar-refractivity contribution in [3.63, 3.8) is 0 Å². The molecule has 3 aliphatic rings. The molecule has 0 radical (unpaired) electrons. The molecule has 0 saturated carbocycles. The number of allylic oxidation sites excluding steroid dienone is 3. The van der Waals surface area contributed by atoms with Gasteiger partial charge >= 0.3 is 5.97 Å². The molecule has 3 aliphatic heterocycles. The quantitative estimate of drug-likeness (QED) is 0.523. The molecule has 0 unspecified atom stereocenters. The molecule has 150 valence electrons. The monoisotopic (exact) mass is 395 g/mol. The summed E-state index contributed by atoms with van der Waals surface area (Å²) in [6, 6.07) is -0.493. The first-order valence-electron chi connectivity index (χ1n) is 9.72. The van der Waals surface area contributed by atoms with E-state index in [0.717, 1.165) is 43.0 Å². The van der Waals surface area contributed by atoms with E-state index in [1.807, 2.05) is 6.92 Å². The second-order valence-electron chi connectivity index (χ2n) is 7.89. The Morgan fingerprint density at radius 3 is 2.85 bits per heavy atom. The Morgan fingerprint density at radius 1 is 1.30 bits per heavy atom. The predicted molar refractivity (Wildman–Crippen MR) is 104 cm³/mol. The van der Waals surface area contributed by atoms with E-state index >= 15 is 0 Å². The summed E-state index contributed by atoms with van der Waals surface area (Å²) >= 11 is 1.14. The number of ether oxygens (including phenoxy) is 2. The van der Waals surface area contributed by atoms with Gasteiger partial charge in [0.1, 0.15) is 6.10 Å². The van der Waals surface area contributed by atoms with Crippen molar-refractivity contribution >= 4 is 23.0 Å². The smallest absolute Gasteiger partial charge is 0.330 e. The molecule has 0 aromatic heterocycles. The number of aliphatic hydroxyl groups is 1. The SMILES string of the molecule is C/C1=C/C(=O)O[C@H]2C[C@H](CC[C@@H](C)/C=C\CC1)O[C@@](O)([C@@H]1CSC(=O)N1)C2. The number of rotatable bonds is 1. The number of hydrogen-bond donors (Lipinski definition) is 2. The van der Waals surface area contributed by atoms with E-state index in [0.29, 0.717) is 18.1 Å². The Kier molecular flexibility index (Phi) is 6.65. The Balaban J connectivity index is 1.78. The van der Waals surface area contributed by atoms with Crippen LogP contribution in [0.4, 0.5) is 4.79 Å². The fourth-order valence-corrected chi connectivity index (χ4v) is 4.75.